The molecule has 1 saturated carbocycles. The Hall–Kier alpha value is -1.22. The Kier molecular flexibility index (Phi) is 2.79. The summed E-state index contributed by atoms with van der Waals surface area (Å²) < 4.78 is 11.8. The average molecular weight is 261 g/mol. The van der Waals surface area contributed by atoms with Gasteiger partial charge in [-0.25, -0.2) is 0 Å². The monoisotopic (exact) mass is 261 g/mol. The first-order chi connectivity index (χ1) is 8.90. The smallest absolute Gasteiger partial charge is 0.161 e. The Labute approximate surface area is 115 Å². The molecule has 0 bridgehead atoms. The van der Waals surface area contributed by atoms with Gasteiger partial charge in [0.2, 0.25) is 0 Å². The van der Waals surface area contributed by atoms with Gasteiger partial charge in [-0.3, -0.25) is 0 Å². The van der Waals surface area contributed by atoms with E-state index in [1.807, 2.05) is 0 Å². The Morgan fingerprint density at radius 3 is 2.16 bits per heavy atom. The lowest BCUT2D eigenvalue weighted by Crippen LogP contribution is -2.43. The number of ether oxygens (including phenoxy) is 2. The fourth-order valence-corrected chi connectivity index (χ4v) is 2.84. The zero-order valence-corrected chi connectivity index (χ0v) is 12.1. The third kappa shape index (κ3) is 2.20. The molecule has 2 N–H and O–H groups in total. The Morgan fingerprint density at radius 2 is 1.63 bits per heavy atom. The van der Waals surface area contributed by atoms with E-state index in [0.29, 0.717) is 13.2 Å². The van der Waals surface area contributed by atoms with Crippen LogP contribution in [0.25, 0.3) is 0 Å². The van der Waals surface area contributed by atoms with Gasteiger partial charge in [0.15, 0.2) is 11.5 Å². The largest absolute Gasteiger partial charge is 0.489 e. The zero-order chi connectivity index (χ0) is 13.7. The Morgan fingerprint density at radius 1 is 1.05 bits per heavy atom. The van der Waals surface area contributed by atoms with Crippen molar-refractivity contribution in [3.8, 4) is 11.5 Å². The molecule has 0 aromatic heterocycles. The molecule has 0 amide bonds. The van der Waals surface area contributed by atoms with Crippen LogP contribution in [0.1, 0.15) is 44.2 Å². The molecule has 3 heteroatoms. The van der Waals surface area contributed by atoms with Gasteiger partial charge < -0.3 is 15.2 Å². The van der Waals surface area contributed by atoms with E-state index in [9.17, 15) is 0 Å². The first-order valence-corrected chi connectivity index (χ1v) is 7.09. The molecule has 0 radical (unpaired) electrons. The van der Waals surface area contributed by atoms with Gasteiger partial charge in [0.05, 0.1) is 13.2 Å². The van der Waals surface area contributed by atoms with Gasteiger partial charge in [0, 0.05) is 11.0 Å². The highest BCUT2D eigenvalue weighted by atomic mass is 16.5. The standard InChI is InChI=1S/C16H23NO2/c1-11-7-13-14(19-10-15(2,3)9-18-13)8-12(11)16(17)5-4-6-16/h7-8H,4-6,9-10,17H2,1-3H3. The predicted molar refractivity (Wildman–Crippen MR) is 75.7 cm³/mol. The highest BCUT2D eigenvalue weighted by Crippen LogP contribution is 2.44. The first-order valence-electron chi connectivity index (χ1n) is 7.09. The van der Waals surface area contributed by atoms with E-state index in [1.165, 1.54) is 17.5 Å². The van der Waals surface area contributed by atoms with E-state index in [0.717, 1.165) is 24.3 Å². The zero-order valence-electron chi connectivity index (χ0n) is 12.1. The van der Waals surface area contributed by atoms with Crippen molar-refractivity contribution in [3.05, 3.63) is 23.3 Å². The lowest BCUT2D eigenvalue weighted by molar-refractivity contribution is 0.140. The average Bonchev–Trinajstić information content (AvgIpc) is 2.45. The second-order valence-electron chi connectivity index (χ2n) is 6.87. The summed E-state index contributed by atoms with van der Waals surface area (Å²) in [5.41, 5.74) is 8.79. The topological polar surface area (TPSA) is 44.5 Å². The maximum absolute atomic E-state index is 6.45. The van der Waals surface area contributed by atoms with Crippen molar-refractivity contribution in [2.75, 3.05) is 13.2 Å². The van der Waals surface area contributed by atoms with Crippen LogP contribution in [0.5, 0.6) is 11.5 Å². The highest BCUT2D eigenvalue weighted by Gasteiger charge is 2.37. The molecule has 19 heavy (non-hydrogen) atoms. The molecule has 1 aromatic rings. The number of rotatable bonds is 1. The van der Waals surface area contributed by atoms with Crippen molar-refractivity contribution in [2.45, 2.75) is 45.6 Å². The van der Waals surface area contributed by atoms with Crippen LogP contribution in [0, 0.1) is 12.3 Å². The molecule has 104 valence electrons. The fraction of sp³-hybridized carbons (Fsp3) is 0.625. The number of hydrogen-bond acceptors (Lipinski definition) is 3. The van der Waals surface area contributed by atoms with E-state index in [-0.39, 0.29) is 11.0 Å². The molecule has 0 atom stereocenters. The van der Waals surface area contributed by atoms with Gasteiger partial charge in [-0.05, 0) is 49.4 Å². The highest BCUT2D eigenvalue weighted by molar-refractivity contribution is 5.50. The first kappa shape index (κ1) is 12.8. The van der Waals surface area contributed by atoms with Crippen molar-refractivity contribution < 1.29 is 9.47 Å². The fourth-order valence-electron chi connectivity index (χ4n) is 2.84. The third-order valence-corrected chi connectivity index (χ3v) is 4.31. The van der Waals surface area contributed by atoms with Crippen molar-refractivity contribution in [2.24, 2.45) is 11.1 Å². The maximum atomic E-state index is 6.45. The van der Waals surface area contributed by atoms with Crippen LogP contribution in [0.15, 0.2) is 12.1 Å². The molecule has 0 unspecified atom stereocenters. The molecule has 1 aromatic carbocycles. The number of aryl methyl sites for hydroxylation is 1. The van der Waals surface area contributed by atoms with Gasteiger partial charge >= 0.3 is 0 Å². The van der Waals surface area contributed by atoms with Crippen molar-refractivity contribution in [1.29, 1.82) is 0 Å². The van der Waals surface area contributed by atoms with Crippen molar-refractivity contribution in [3.63, 3.8) is 0 Å². The molecule has 2 aliphatic rings. The molecule has 0 spiro atoms. The summed E-state index contributed by atoms with van der Waals surface area (Å²) in [5, 5.41) is 0. The van der Waals surface area contributed by atoms with Crippen molar-refractivity contribution in [1.82, 2.24) is 0 Å². The molecule has 1 fully saturated rings. The summed E-state index contributed by atoms with van der Waals surface area (Å²) in [6.45, 7) is 7.79. The predicted octanol–water partition coefficient (Wildman–Crippen LogP) is 3.13. The molecule has 1 aliphatic heterocycles. The van der Waals surface area contributed by atoms with E-state index in [1.54, 1.807) is 0 Å². The summed E-state index contributed by atoms with van der Waals surface area (Å²) >= 11 is 0. The van der Waals surface area contributed by atoms with Gasteiger partial charge in [-0.15, -0.1) is 0 Å². The third-order valence-electron chi connectivity index (χ3n) is 4.31. The number of hydrogen-bond donors (Lipinski definition) is 1. The normalized spacial score (nSPS) is 23.4. The summed E-state index contributed by atoms with van der Waals surface area (Å²) in [4.78, 5) is 0. The van der Waals surface area contributed by atoms with Gasteiger partial charge in [-0.2, -0.15) is 0 Å². The minimum absolute atomic E-state index is 0.0456. The van der Waals surface area contributed by atoms with E-state index >= 15 is 0 Å². The van der Waals surface area contributed by atoms with Gasteiger partial charge in [-0.1, -0.05) is 13.8 Å². The molecule has 1 heterocycles. The van der Waals surface area contributed by atoms with E-state index < -0.39 is 0 Å². The van der Waals surface area contributed by atoms with Crippen molar-refractivity contribution >= 4 is 0 Å². The second-order valence-corrected chi connectivity index (χ2v) is 6.87. The van der Waals surface area contributed by atoms with Crippen LogP contribution in [0.4, 0.5) is 0 Å². The van der Waals surface area contributed by atoms with E-state index in [4.69, 9.17) is 15.2 Å². The van der Waals surface area contributed by atoms with Crippen LogP contribution >= 0.6 is 0 Å². The number of fused-ring (bicyclic) bond motifs is 1. The van der Waals surface area contributed by atoms with Gasteiger partial charge in [0.1, 0.15) is 0 Å². The second kappa shape index (κ2) is 4.14. The van der Waals surface area contributed by atoms with Crippen LogP contribution < -0.4 is 15.2 Å². The molecule has 3 rings (SSSR count). The minimum Gasteiger partial charge on any atom is -0.489 e. The Bertz CT molecular complexity index is 504. The summed E-state index contributed by atoms with van der Waals surface area (Å²) in [5.74, 6) is 1.71. The molecule has 0 saturated heterocycles. The minimum atomic E-state index is -0.149. The lowest BCUT2D eigenvalue weighted by Gasteiger charge is -2.39. The van der Waals surface area contributed by atoms with E-state index in [2.05, 4.69) is 32.9 Å². The molecular formula is C16H23NO2. The quantitative estimate of drug-likeness (QED) is 0.844. The van der Waals surface area contributed by atoms with Crippen LogP contribution in [0.3, 0.4) is 0 Å². The van der Waals surface area contributed by atoms with Crippen LogP contribution in [-0.4, -0.2) is 13.2 Å². The molecular weight excluding hydrogens is 238 g/mol. The number of benzene rings is 1. The molecule has 3 nitrogen and oxygen atoms in total. The van der Waals surface area contributed by atoms with Gasteiger partial charge in [0.25, 0.3) is 0 Å². The maximum Gasteiger partial charge on any atom is 0.161 e. The Balaban J connectivity index is 1.98. The molecule has 1 aliphatic carbocycles. The SMILES string of the molecule is Cc1cc2c(cc1C1(N)CCC1)OCC(C)(C)CO2. The number of nitrogens with two attached hydrogens (primary N) is 1. The summed E-state index contributed by atoms with van der Waals surface area (Å²) in [6, 6.07) is 4.18. The summed E-state index contributed by atoms with van der Waals surface area (Å²) in [7, 11) is 0. The summed E-state index contributed by atoms with van der Waals surface area (Å²) in [6.07, 6.45) is 3.36. The van der Waals surface area contributed by atoms with Crippen LogP contribution in [0.2, 0.25) is 0 Å². The lowest BCUT2D eigenvalue weighted by atomic mass is 9.71. The van der Waals surface area contributed by atoms with Crippen LogP contribution in [-0.2, 0) is 5.54 Å².